The molecule has 1 aliphatic rings. The van der Waals surface area contributed by atoms with E-state index in [0.717, 1.165) is 44.3 Å². The van der Waals surface area contributed by atoms with Crippen LogP contribution in [-0.4, -0.2) is 81.7 Å². The van der Waals surface area contributed by atoms with E-state index in [0.29, 0.717) is 12.1 Å². The molecule has 0 aromatic heterocycles. The summed E-state index contributed by atoms with van der Waals surface area (Å²) in [6.45, 7) is 6.81. The van der Waals surface area contributed by atoms with Crippen molar-refractivity contribution in [1.29, 1.82) is 0 Å². The summed E-state index contributed by atoms with van der Waals surface area (Å²) < 4.78 is 5.77. The molecule has 1 aliphatic heterocycles. The van der Waals surface area contributed by atoms with Crippen LogP contribution in [-0.2, 0) is 11.3 Å². The number of rotatable bonds is 6. The molecular formula is C19H32IN5O2. The molecule has 0 aliphatic carbocycles. The van der Waals surface area contributed by atoms with E-state index in [4.69, 9.17) is 4.74 Å². The van der Waals surface area contributed by atoms with Crippen LogP contribution in [0.4, 0.5) is 0 Å². The number of guanidine groups is 1. The average Bonchev–Trinajstić information content (AvgIpc) is 2.64. The van der Waals surface area contributed by atoms with E-state index in [1.165, 1.54) is 0 Å². The highest BCUT2D eigenvalue weighted by atomic mass is 127. The van der Waals surface area contributed by atoms with Gasteiger partial charge in [0.25, 0.3) is 5.91 Å². The summed E-state index contributed by atoms with van der Waals surface area (Å²) >= 11 is 0. The van der Waals surface area contributed by atoms with E-state index in [9.17, 15) is 4.79 Å². The number of hydrogen-bond donors (Lipinski definition) is 2. The van der Waals surface area contributed by atoms with E-state index in [-0.39, 0.29) is 36.0 Å². The molecule has 1 aromatic carbocycles. The smallest absolute Gasteiger partial charge is 0.253 e. The van der Waals surface area contributed by atoms with Gasteiger partial charge in [-0.3, -0.25) is 4.79 Å². The summed E-state index contributed by atoms with van der Waals surface area (Å²) in [6, 6.07) is 7.59. The number of morpholine rings is 1. The van der Waals surface area contributed by atoms with Crippen molar-refractivity contribution in [2.75, 3.05) is 53.9 Å². The molecule has 7 nitrogen and oxygen atoms in total. The number of ether oxygens (including phenoxy) is 1. The summed E-state index contributed by atoms with van der Waals surface area (Å²) in [5.74, 6) is 0.783. The first-order chi connectivity index (χ1) is 12.5. The number of aliphatic imine (C=N–C) groups is 1. The molecule has 1 saturated heterocycles. The monoisotopic (exact) mass is 489 g/mol. The molecule has 0 spiro atoms. The highest BCUT2D eigenvalue weighted by Crippen LogP contribution is 2.07. The van der Waals surface area contributed by atoms with Crippen LogP contribution in [0.1, 0.15) is 22.8 Å². The zero-order valence-corrected chi connectivity index (χ0v) is 19.0. The molecule has 8 heteroatoms. The van der Waals surface area contributed by atoms with E-state index >= 15 is 0 Å². The van der Waals surface area contributed by atoms with Gasteiger partial charge in [0.05, 0.1) is 19.3 Å². The summed E-state index contributed by atoms with van der Waals surface area (Å²) in [5, 5.41) is 6.61. The maximum atomic E-state index is 11.9. The third-order valence-corrected chi connectivity index (χ3v) is 4.21. The lowest BCUT2D eigenvalue weighted by molar-refractivity contribution is -0.0161. The van der Waals surface area contributed by atoms with E-state index in [2.05, 4.69) is 27.6 Å². The van der Waals surface area contributed by atoms with Gasteiger partial charge in [0.1, 0.15) is 0 Å². The molecule has 2 N–H and O–H groups in total. The number of hydrogen-bond acceptors (Lipinski definition) is 4. The van der Waals surface area contributed by atoms with Crippen LogP contribution in [0.15, 0.2) is 29.3 Å². The summed E-state index contributed by atoms with van der Waals surface area (Å²) in [6.07, 6.45) is 0.175. The van der Waals surface area contributed by atoms with E-state index in [1.807, 2.05) is 31.2 Å². The van der Waals surface area contributed by atoms with Gasteiger partial charge >= 0.3 is 0 Å². The van der Waals surface area contributed by atoms with Crippen LogP contribution < -0.4 is 10.6 Å². The van der Waals surface area contributed by atoms with Gasteiger partial charge in [0.15, 0.2) is 5.96 Å². The van der Waals surface area contributed by atoms with Crippen molar-refractivity contribution >= 4 is 35.8 Å². The zero-order valence-electron chi connectivity index (χ0n) is 16.7. The fourth-order valence-corrected chi connectivity index (χ4v) is 2.72. The van der Waals surface area contributed by atoms with Gasteiger partial charge in [-0.05, 0) is 31.7 Å². The molecule has 152 valence electrons. The first-order valence-corrected chi connectivity index (χ1v) is 9.12. The van der Waals surface area contributed by atoms with Crippen molar-refractivity contribution in [2.45, 2.75) is 19.6 Å². The van der Waals surface area contributed by atoms with Crippen LogP contribution in [0.2, 0.25) is 0 Å². The van der Waals surface area contributed by atoms with Crippen molar-refractivity contribution in [2.24, 2.45) is 4.99 Å². The molecular weight excluding hydrogens is 457 g/mol. The van der Waals surface area contributed by atoms with Crippen molar-refractivity contribution in [3.05, 3.63) is 35.4 Å². The van der Waals surface area contributed by atoms with Gasteiger partial charge in [-0.2, -0.15) is 0 Å². The number of likely N-dealkylation sites (N-methyl/N-ethyl adjacent to an activating group) is 1. The Morgan fingerprint density at radius 3 is 2.59 bits per heavy atom. The maximum absolute atomic E-state index is 11.9. The predicted octanol–water partition coefficient (Wildman–Crippen LogP) is 1.39. The largest absolute Gasteiger partial charge is 0.374 e. The Hall–Kier alpha value is -1.39. The summed E-state index contributed by atoms with van der Waals surface area (Å²) in [7, 11) is 5.62. The maximum Gasteiger partial charge on any atom is 0.253 e. The van der Waals surface area contributed by atoms with Crippen LogP contribution in [0.3, 0.4) is 0 Å². The second kappa shape index (κ2) is 12.1. The number of nitrogens with one attached hydrogen (secondary N) is 2. The molecule has 1 heterocycles. The van der Waals surface area contributed by atoms with Crippen molar-refractivity contribution in [1.82, 2.24) is 20.4 Å². The molecule has 1 fully saturated rings. The van der Waals surface area contributed by atoms with E-state index < -0.39 is 0 Å². The fourth-order valence-electron chi connectivity index (χ4n) is 2.72. The van der Waals surface area contributed by atoms with E-state index in [1.54, 1.807) is 19.0 Å². The number of amides is 1. The molecule has 0 saturated carbocycles. The Bertz CT molecular complexity index is 607. The van der Waals surface area contributed by atoms with Crippen LogP contribution in [0, 0.1) is 0 Å². The molecule has 1 atom stereocenters. The molecule has 2 rings (SSSR count). The molecule has 1 amide bonds. The van der Waals surface area contributed by atoms with Gasteiger partial charge in [-0.1, -0.05) is 12.1 Å². The number of carbonyl (C=O) groups excluding carboxylic acids is 1. The predicted molar refractivity (Wildman–Crippen MR) is 120 cm³/mol. The molecule has 1 aromatic rings. The Morgan fingerprint density at radius 2 is 2.00 bits per heavy atom. The summed E-state index contributed by atoms with van der Waals surface area (Å²) in [5.41, 5.74) is 1.75. The lowest BCUT2D eigenvalue weighted by Crippen LogP contribution is -2.48. The minimum absolute atomic E-state index is 0. The average molecular weight is 489 g/mol. The van der Waals surface area contributed by atoms with Gasteiger partial charge in [-0.15, -0.1) is 24.0 Å². The van der Waals surface area contributed by atoms with Gasteiger partial charge in [0.2, 0.25) is 0 Å². The number of nitrogens with zero attached hydrogens (tertiary/aromatic N) is 3. The third kappa shape index (κ3) is 8.02. The Kier molecular flexibility index (Phi) is 10.6. The molecule has 0 radical (unpaired) electrons. The highest BCUT2D eigenvalue weighted by Gasteiger charge is 2.17. The SMILES string of the molecule is CCNC(=NCc1ccc(C(=O)N(C)C)cc1)NCC1CN(C)CCO1.I. The Balaban J connectivity index is 0.00000364. The Labute approximate surface area is 179 Å². The second-order valence-corrected chi connectivity index (χ2v) is 6.73. The van der Waals surface area contributed by atoms with Crippen LogP contribution >= 0.6 is 24.0 Å². The van der Waals surface area contributed by atoms with Gasteiger partial charge in [0, 0.05) is 45.8 Å². The lowest BCUT2D eigenvalue weighted by atomic mass is 10.1. The molecule has 27 heavy (non-hydrogen) atoms. The second-order valence-electron chi connectivity index (χ2n) is 6.73. The van der Waals surface area contributed by atoms with Crippen LogP contribution in [0.25, 0.3) is 0 Å². The minimum atomic E-state index is 0. The van der Waals surface area contributed by atoms with Crippen molar-refractivity contribution < 1.29 is 9.53 Å². The van der Waals surface area contributed by atoms with Crippen molar-refractivity contribution in [3.63, 3.8) is 0 Å². The zero-order chi connectivity index (χ0) is 18.9. The minimum Gasteiger partial charge on any atom is -0.374 e. The topological polar surface area (TPSA) is 69.2 Å². The standard InChI is InChI=1S/C19H31N5O2.HI/c1-5-20-19(22-13-17-14-24(4)10-11-26-17)21-12-15-6-8-16(9-7-15)18(25)23(2)3;/h6-9,17H,5,10-14H2,1-4H3,(H2,20,21,22);1H. The molecule has 0 bridgehead atoms. The van der Waals surface area contributed by atoms with Crippen molar-refractivity contribution in [3.8, 4) is 0 Å². The van der Waals surface area contributed by atoms with Crippen LogP contribution in [0.5, 0.6) is 0 Å². The summed E-state index contributed by atoms with van der Waals surface area (Å²) in [4.78, 5) is 20.4. The molecule has 1 unspecified atom stereocenters. The third-order valence-electron chi connectivity index (χ3n) is 4.21. The first-order valence-electron chi connectivity index (χ1n) is 9.12. The quantitative estimate of drug-likeness (QED) is 0.359. The normalized spacial score (nSPS) is 17.8. The van der Waals surface area contributed by atoms with Gasteiger partial charge in [-0.25, -0.2) is 4.99 Å². The lowest BCUT2D eigenvalue weighted by Gasteiger charge is -2.30. The number of halogens is 1. The number of benzene rings is 1. The first kappa shape index (κ1) is 23.6. The van der Waals surface area contributed by atoms with Gasteiger partial charge < -0.3 is 25.2 Å². The Morgan fingerprint density at radius 1 is 1.30 bits per heavy atom. The highest BCUT2D eigenvalue weighted by molar-refractivity contribution is 14.0. The fraction of sp³-hybridized carbons (Fsp3) is 0.579. The number of carbonyl (C=O) groups is 1.